The molecule has 1 aliphatic carbocycles. The van der Waals surface area contributed by atoms with Crippen LogP contribution in [0, 0.1) is 11.8 Å². The number of nitrogens with zero attached hydrogens (tertiary/aromatic N) is 1. The second-order valence-electron chi connectivity index (χ2n) is 18.5. The Kier molecular flexibility index (Phi) is 40.7. The number of esters is 2. The molecule has 0 amide bonds. The first-order chi connectivity index (χ1) is 29.3. The second-order valence-corrected chi connectivity index (χ2v) is 20.8. The molecule has 0 radical (unpaired) electrons. The summed E-state index contributed by atoms with van der Waals surface area (Å²) in [6, 6.07) is 0.411. The Morgan fingerprint density at radius 2 is 1.20 bits per heavy atom. The highest BCUT2D eigenvalue weighted by atomic mass is 32.2. The van der Waals surface area contributed by atoms with Crippen molar-refractivity contribution in [3.8, 4) is 0 Å². The second kappa shape index (κ2) is 42.5. The van der Waals surface area contributed by atoms with Gasteiger partial charge in [0.25, 0.3) is 0 Å². The number of aliphatic hydroxyl groups excluding tert-OH is 2. The van der Waals surface area contributed by atoms with Crippen LogP contribution in [0.3, 0.4) is 0 Å². The smallest absolute Gasteiger partial charge is 0.306 e. The molecule has 0 bridgehead atoms. The van der Waals surface area contributed by atoms with Gasteiger partial charge in [0.05, 0.1) is 19.3 Å². The van der Waals surface area contributed by atoms with Crippen molar-refractivity contribution in [2.24, 2.45) is 11.8 Å². The van der Waals surface area contributed by atoms with E-state index in [9.17, 15) is 19.8 Å². The van der Waals surface area contributed by atoms with Crippen LogP contribution in [0.1, 0.15) is 233 Å². The molecule has 0 saturated heterocycles. The molecular formula is C51H99NO6S2. The van der Waals surface area contributed by atoms with E-state index >= 15 is 0 Å². The first-order valence-corrected chi connectivity index (χ1v) is 28.1. The van der Waals surface area contributed by atoms with E-state index in [4.69, 9.17) is 9.47 Å². The Bertz CT molecular complexity index is 953. The van der Waals surface area contributed by atoms with Crippen LogP contribution >= 0.6 is 23.5 Å². The van der Waals surface area contributed by atoms with E-state index in [0.29, 0.717) is 55.4 Å². The van der Waals surface area contributed by atoms with Crippen molar-refractivity contribution < 1.29 is 29.3 Å². The highest BCUT2D eigenvalue weighted by Crippen LogP contribution is 2.28. The summed E-state index contributed by atoms with van der Waals surface area (Å²) in [6.45, 7) is 8.08. The number of carbonyl (C=O) groups excluding carboxylic acids is 2. The van der Waals surface area contributed by atoms with Gasteiger partial charge in [-0.1, -0.05) is 162 Å². The van der Waals surface area contributed by atoms with Gasteiger partial charge in [-0.3, -0.25) is 9.59 Å². The number of likely N-dealkylation sites (N-methyl/N-ethyl adjacent to an activating group) is 1. The van der Waals surface area contributed by atoms with Crippen LogP contribution in [-0.4, -0.2) is 95.1 Å². The first kappa shape index (κ1) is 57.5. The van der Waals surface area contributed by atoms with Gasteiger partial charge in [-0.05, 0) is 82.4 Å². The molecule has 1 rings (SSSR count). The van der Waals surface area contributed by atoms with Crippen molar-refractivity contribution in [3.63, 3.8) is 0 Å². The van der Waals surface area contributed by atoms with Gasteiger partial charge in [0.15, 0.2) is 0 Å². The van der Waals surface area contributed by atoms with Crippen molar-refractivity contribution in [1.29, 1.82) is 0 Å². The average molecular weight is 886 g/mol. The zero-order valence-corrected chi connectivity index (χ0v) is 41.6. The number of thioether (sulfide) groups is 2. The summed E-state index contributed by atoms with van der Waals surface area (Å²) in [5.41, 5.74) is 0. The van der Waals surface area contributed by atoms with E-state index in [1.54, 1.807) is 11.8 Å². The van der Waals surface area contributed by atoms with Crippen LogP contribution in [0.4, 0.5) is 0 Å². The van der Waals surface area contributed by atoms with Crippen LogP contribution in [0.5, 0.6) is 0 Å². The standard InChI is InChI=1S/C51H99NO6S2/c1-5-8-11-14-15-20-31-46(30-19-12-9-6-2)41-51(56)57-38-26-17-23-32-47(52(4)42-48(54)43-60-40-37-53)33-24-18-27-39-59-44-49(34-25-13-10-7-3)58-50(55)36-35-45-28-21-16-22-29-45/h45-49,53-54H,5-44H2,1-4H3. The number of hydrogen-bond donors (Lipinski definition) is 2. The van der Waals surface area contributed by atoms with E-state index in [1.807, 2.05) is 11.8 Å². The third-order valence-electron chi connectivity index (χ3n) is 12.8. The summed E-state index contributed by atoms with van der Waals surface area (Å²) in [6.07, 6.45) is 38.1. The van der Waals surface area contributed by atoms with Crippen LogP contribution in [0.2, 0.25) is 0 Å². The number of ether oxygens (including phenoxy) is 2. The monoisotopic (exact) mass is 886 g/mol. The number of carbonyl (C=O) groups is 2. The largest absolute Gasteiger partial charge is 0.466 e. The summed E-state index contributed by atoms with van der Waals surface area (Å²) in [7, 11) is 2.16. The maximum Gasteiger partial charge on any atom is 0.306 e. The molecule has 0 aliphatic heterocycles. The molecule has 0 heterocycles. The Hall–Kier alpha value is -0.480. The van der Waals surface area contributed by atoms with E-state index in [1.165, 1.54) is 128 Å². The quantitative estimate of drug-likeness (QED) is 0.0458. The maximum atomic E-state index is 12.9. The fraction of sp³-hybridized carbons (Fsp3) is 0.961. The highest BCUT2D eigenvalue weighted by Gasteiger charge is 2.20. The molecule has 60 heavy (non-hydrogen) atoms. The molecule has 1 fully saturated rings. The lowest BCUT2D eigenvalue weighted by molar-refractivity contribution is -0.149. The third kappa shape index (κ3) is 34.9. The van der Waals surface area contributed by atoms with Gasteiger partial charge < -0.3 is 24.6 Å². The zero-order valence-electron chi connectivity index (χ0n) is 40.0. The summed E-state index contributed by atoms with van der Waals surface area (Å²) in [4.78, 5) is 28.1. The number of rotatable bonds is 44. The van der Waals surface area contributed by atoms with Gasteiger partial charge in [-0.2, -0.15) is 23.5 Å². The molecule has 1 saturated carbocycles. The molecule has 7 nitrogen and oxygen atoms in total. The minimum atomic E-state index is -0.405. The van der Waals surface area contributed by atoms with Gasteiger partial charge >= 0.3 is 11.9 Å². The lowest BCUT2D eigenvalue weighted by Crippen LogP contribution is -2.38. The van der Waals surface area contributed by atoms with Crippen LogP contribution in [-0.2, 0) is 19.1 Å². The summed E-state index contributed by atoms with van der Waals surface area (Å²) < 4.78 is 11.9. The number of hydrogen-bond acceptors (Lipinski definition) is 9. The van der Waals surface area contributed by atoms with E-state index < -0.39 is 6.10 Å². The Labute approximate surface area is 380 Å². The van der Waals surface area contributed by atoms with Crippen molar-refractivity contribution in [1.82, 2.24) is 4.90 Å². The van der Waals surface area contributed by atoms with Gasteiger partial charge in [-0.25, -0.2) is 0 Å². The average Bonchev–Trinajstić information content (AvgIpc) is 3.24. The van der Waals surface area contributed by atoms with Crippen molar-refractivity contribution in [2.75, 3.05) is 49.8 Å². The Morgan fingerprint density at radius 3 is 1.85 bits per heavy atom. The summed E-state index contributed by atoms with van der Waals surface area (Å²) in [5, 5.41) is 19.9. The normalized spacial score (nSPS) is 15.6. The predicted octanol–water partition coefficient (Wildman–Crippen LogP) is 13.7. The summed E-state index contributed by atoms with van der Waals surface area (Å²) >= 11 is 3.57. The SMILES string of the molecule is CCCCCCCCC(CCCCCC)CC(=O)OCCCCCC(CCCCCSCC(CCCCCC)OC(=O)CCC1CCCCC1)N(C)CC(O)CSCCO. The minimum absolute atomic E-state index is 0.00123. The predicted molar refractivity (Wildman–Crippen MR) is 261 cm³/mol. The molecule has 4 unspecified atom stereocenters. The van der Waals surface area contributed by atoms with Crippen LogP contribution in [0.25, 0.3) is 0 Å². The lowest BCUT2D eigenvalue weighted by atomic mass is 9.86. The molecule has 4 atom stereocenters. The van der Waals surface area contributed by atoms with Crippen molar-refractivity contribution in [2.45, 2.75) is 251 Å². The van der Waals surface area contributed by atoms with Crippen LogP contribution in [0.15, 0.2) is 0 Å². The van der Waals surface area contributed by atoms with Gasteiger partial charge in [0.1, 0.15) is 6.10 Å². The molecule has 356 valence electrons. The number of unbranched alkanes of at least 4 members (excludes halogenated alkanes) is 15. The van der Waals surface area contributed by atoms with E-state index in [-0.39, 0.29) is 24.6 Å². The first-order valence-electron chi connectivity index (χ1n) is 25.8. The van der Waals surface area contributed by atoms with E-state index in [2.05, 4.69) is 32.7 Å². The molecule has 0 aromatic carbocycles. The zero-order chi connectivity index (χ0) is 43.7. The molecule has 2 N–H and O–H groups in total. The lowest BCUT2D eigenvalue weighted by Gasteiger charge is -2.30. The Morgan fingerprint density at radius 1 is 0.650 bits per heavy atom. The number of aliphatic hydroxyl groups is 2. The molecule has 0 aromatic heterocycles. The fourth-order valence-corrected chi connectivity index (χ4v) is 10.7. The maximum absolute atomic E-state index is 12.9. The topological polar surface area (TPSA) is 96.3 Å². The Balaban J connectivity index is 2.49. The van der Waals surface area contributed by atoms with Crippen molar-refractivity contribution >= 4 is 35.5 Å². The third-order valence-corrected chi connectivity index (χ3v) is 15.1. The fourth-order valence-electron chi connectivity index (χ4n) is 8.96. The van der Waals surface area contributed by atoms with Gasteiger partial charge in [-0.15, -0.1) is 0 Å². The summed E-state index contributed by atoms with van der Waals surface area (Å²) in [5.74, 6) is 4.52. The van der Waals surface area contributed by atoms with Crippen LogP contribution < -0.4 is 0 Å². The van der Waals surface area contributed by atoms with Crippen molar-refractivity contribution in [3.05, 3.63) is 0 Å². The minimum Gasteiger partial charge on any atom is -0.466 e. The highest BCUT2D eigenvalue weighted by molar-refractivity contribution is 7.99. The molecule has 1 aliphatic rings. The van der Waals surface area contributed by atoms with Gasteiger partial charge in [0.2, 0.25) is 0 Å². The molecule has 9 heteroatoms. The van der Waals surface area contributed by atoms with Gasteiger partial charge in [0, 0.05) is 42.7 Å². The molecule has 0 aromatic rings. The molecule has 0 spiro atoms. The van der Waals surface area contributed by atoms with E-state index in [0.717, 1.165) is 82.1 Å². The molecular weight excluding hydrogens is 787 g/mol.